The monoisotopic (exact) mass is 268 g/mol. The van der Waals surface area contributed by atoms with Crippen LogP contribution in [0.5, 0.6) is 0 Å². The van der Waals surface area contributed by atoms with Crippen molar-refractivity contribution in [3.05, 3.63) is 42.2 Å². The largest absolute Gasteiger partial charge is 1.00 e. The Bertz CT molecular complexity index is 395. The maximum atomic E-state index is 10.4. The van der Waals surface area contributed by atoms with Crippen molar-refractivity contribution in [3.63, 3.8) is 0 Å². The van der Waals surface area contributed by atoms with E-state index >= 15 is 0 Å². The third kappa shape index (κ3) is 8.57. The van der Waals surface area contributed by atoms with Crippen LogP contribution in [0.15, 0.2) is 36.6 Å². The summed E-state index contributed by atoms with van der Waals surface area (Å²) in [5, 5.41) is 0. The van der Waals surface area contributed by atoms with Crippen molar-refractivity contribution in [2.75, 3.05) is 0 Å². The zero-order valence-corrected chi connectivity index (χ0v) is 12.6. The first-order chi connectivity index (χ1) is 7.47. The molecule has 0 amide bonds. The average Bonchev–Trinajstić information content (AvgIpc) is 2.16. The van der Waals surface area contributed by atoms with Crippen molar-refractivity contribution in [1.29, 1.82) is 0 Å². The number of benzene rings is 1. The van der Waals surface area contributed by atoms with Gasteiger partial charge in [0.15, 0.2) is 0 Å². The van der Waals surface area contributed by atoms with E-state index in [1.165, 1.54) is 13.2 Å². The van der Waals surface area contributed by atoms with E-state index < -0.39 is 14.1 Å². The fourth-order valence-electron chi connectivity index (χ4n) is 1.01. The van der Waals surface area contributed by atoms with Crippen molar-refractivity contribution in [2.24, 2.45) is 0 Å². The zero-order chi connectivity index (χ0) is 12.0. The molecule has 1 aromatic carbocycles. The van der Waals surface area contributed by atoms with Crippen LogP contribution in [0, 0.1) is 0 Å². The van der Waals surface area contributed by atoms with Crippen LogP contribution in [0.3, 0.4) is 0 Å². The molecule has 0 saturated heterocycles. The standard InChI is InChI=1S/C10H13O5P.Na.H/c1-9(15-16(11,12)13)14-8-7-10-5-3-2-4-6-10;;/h2-9H,1H3,(H2,11,12,13);;/q;+1;-1. The Morgan fingerprint density at radius 2 is 1.94 bits per heavy atom. The van der Waals surface area contributed by atoms with E-state index in [2.05, 4.69) is 4.52 Å². The van der Waals surface area contributed by atoms with Gasteiger partial charge in [0.2, 0.25) is 6.29 Å². The molecule has 17 heavy (non-hydrogen) atoms. The Hall–Kier alpha value is -0.130. The van der Waals surface area contributed by atoms with Gasteiger partial charge >= 0.3 is 37.4 Å². The van der Waals surface area contributed by atoms with E-state index in [-0.39, 0.29) is 31.0 Å². The first-order valence-electron chi connectivity index (χ1n) is 4.58. The Labute approximate surface area is 123 Å². The van der Waals surface area contributed by atoms with E-state index in [1.54, 1.807) is 6.08 Å². The van der Waals surface area contributed by atoms with Gasteiger partial charge in [0.05, 0.1) is 6.26 Å². The van der Waals surface area contributed by atoms with Crippen LogP contribution in [-0.4, -0.2) is 16.1 Å². The maximum Gasteiger partial charge on any atom is 1.00 e. The molecule has 2 N–H and O–H groups in total. The predicted octanol–water partition coefficient (Wildman–Crippen LogP) is -0.754. The SMILES string of the molecule is CC(OC=Cc1ccccc1)OP(=O)(O)O.[H-].[Na+]. The van der Waals surface area contributed by atoms with Gasteiger partial charge in [0.1, 0.15) is 0 Å². The number of phosphoric ester groups is 1. The first kappa shape index (κ1) is 16.9. The molecule has 1 aromatic rings. The Balaban J connectivity index is 0. The molecule has 5 nitrogen and oxygen atoms in total. The summed E-state index contributed by atoms with van der Waals surface area (Å²) in [4.78, 5) is 17.0. The molecule has 0 aromatic heterocycles. The van der Waals surface area contributed by atoms with E-state index in [0.717, 1.165) is 5.56 Å². The van der Waals surface area contributed by atoms with Gasteiger partial charge in [-0.15, -0.1) is 0 Å². The van der Waals surface area contributed by atoms with Crippen molar-refractivity contribution in [2.45, 2.75) is 13.2 Å². The minimum atomic E-state index is -4.49. The average molecular weight is 268 g/mol. The smallest absolute Gasteiger partial charge is 1.00 e. The molecule has 0 aliphatic carbocycles. The molecular formula is C10H14NaO5P. The van der Waals surface area contributed by atoms with Crippen LogP contribution in [0.4, 0.5) is 0 Å². The predicted molar refractivity (Wildman–Crippen MR) is 60.3 cm³/mol. The van der Waals surface area contributed by atoms with E-state index in [9.17, 15) is 4.57 Å². The van der Waals surface area contributed by atoms with Gasteiger partial charge < -0.3 is 16.0 Å². The molecular weight excluding hydrogens is 254 g/mol. The second kappa shape index (κ2) is 8.06. The topological polar surface area (TPSA) is 76.0 Å². The van der Waals surface area contributed by atoms with Gasteiger partial charge in [-0.25, -0.2) is 9.09 Å². The van der Waals surface area contributed by atoms with Crippen molar-refractivity contribution < 1.29 is 54.6 Å². The third-order valence-corrected chi connectivity index (χ3v) is 2.19. The van der Waals surface area contributed by atoms with E-state index in [1.807, 2.05) is 30.3 Å². The number of rotatable bonds is 5. The van der Waals surface area contributed by atoms with Gasteiger partial charge in [-0.3, -0.25) is 0 Å². The van der Waals surface area contributed by atoms with Gasteiger partial charge in [-0.05, 0) is 18.6 Å². The van der Waals surface area contributed by atoms with Gasteiger partial charge in [0, 0.05) is 0 Å². The van der Waals surface area contributed by atoms with Crippen LogP contribution in [0.1, 0.15) is 13.9 Å². The summed E-state index contributed by atoms with van der Waals surface area (Å²) in [6.07, 6.45) is 2.00. The molecule has 90 valence electrons. The molecule has 0 spiro atoms. The van der Waals surface area contributed by atoms with Crippen LogP contribution < -0.4 is 29.6 Å². The van der Waals surface area contributed by atoms with Crippen molar-refractivity contribution in [1.82, 2.24) is 0 Å². The van der Waals surface area contributed by atoms with Gasteiger partial charge in [0.25, 0.3) is 0 Å². The summed E-state index contributed by atoms with van der Waals surface area (Å²) in [7, 11) is -4.49. The minimum absolute atomic E-state index is 0. The molecule has 1 atom stereocenters. The summed E-state index contributed by atoms with van der Waals surface area (Å²) >= 11 is 0. The summed E-state index contributed by atoms with van der Waals surface area (Å²) in [6.45, 7) is 1.40. The Morgan fingerprint density at radius 1 is 1.35 bits per heavy atom. The molecule has 0 aliphatic rings. The molecule has 0 aliphatic heterocycles. The molecule has 7 heteroatoms. The molecule has 0 fully saturated rings. The second-order valence-electron chi connectivity index (χ2n) is 3.01. The Morgan fingerprint density at radius 3 is 2.47 bits per heavy atom. The molecule has 0 saturated carbocycles. The number of ether oxygens (including phenoxy) is 1. The summed E-state index contributed by atoms with van der Waals surface area (Å²) in [5.41, 5.74) is 0.922. The first-order valence-corrected chi connectivity index (χ1v) is 6.11. The number of hydrogen-bond donors (Lipinski definition) is 2. The van der Waals surface area contributed by atoms with E-state index in [0.29, 0.717) is 0 Å². The summed E-state index contributed by atoms with van der Waals surface area (Å²) in [6, 6.07) is 9.37. The number of phosphoric acid groups is 1. The zero-order valence-electron chi connectivity index (χ0n) is 10.7. The van der Waals surface area contributed by atoms with Crippen LogP contribution in [0.25, 0.3) is 6.08 Å². The van der Waals surface area contributed by atoms with E-state index in [4.69, 9.17) is 14.5 Å². The molecule has 1 rings (SSSR count). The maximum absolute atomic E-state index is 10.4. The minimum Gasteiger partial charge on any atom is -1.00 e. The van der Waals surface area contributed by atoms with Gasteiger partial charge in [-0.1, -0.05) is 30.3 Å². The van der Waals surface area contributed by atoms with Crippen LogP contribution in [-0.2, 0) is 13.8 Å². The number of hydrogen-bond acceptors (Lipinski definition) is 3. The quantitative estimate of drug-likeness (QED) is 0.318. The fourth-order valence-corrected chi connectivity index (χ4v) is 1.45. The Kier molecular flexibility index (Phi) is 8.00. The second-order valence-corrected chi connectivity index (χ2v) is 4.21. The summed E-state index contributed by atoms with van der Waals surface area (Å²) in [5.74, 6) is 0. The molecule has 0 bridgehead atoms. The van der Waals surface area contributed by atoms with Gasteiger partial charge in [-0.2, -0.15) is 0 Å². The molecule has 0 radical (unpaired) electrons. The van der Waals surface area contributed by atoms with Crippen molar-refractivity contribution >= 4 is 13.9 Å². The van der Waals surface area contributed by atoms with Crippen LogP contribution >= 0.6 is 7.82 Å². The van der Waals surface area contributed by atoms with Crippen LogP contribution in [0.2, 0.25) is 0 Å². The molecule has 0 heterocycles. The summed E-state index contributed by atoms with van der Waals surface area (Å²) < 4.78 is 19.6. The van der Waals surface area contributed by atoms with Crippen molar-refractivity contribution in [3.8, 4) is 0 Å². The third-order valence-electron chi connectivity index (χ3n) is 1.62. The molecule has 1 unspecified atom stereocenters. The fraction of sp³-hybridized carbons (Fsp3) is 0.200. The normalized spacial score (nSPS) is 13.1.